The molecule has 8 bridgehead atoms. The first-order valence-corrected chi connectivity index (χ1v) is 10.8. The number of hydrogen-bond acceptors (Lipinski definition) is 4. The van der Waals surface area contributed by atoms with Gasteiger partial charge in [0.05, 0.1) is 22.8 Å². The molecule has 4 N–H and O–H groups in total. The van der Waals surface area contributed by atoms with Crippen LogP contribution in [0.25, 0.3) is 46.4 Å². The van der Waals surface area contributed by atoms with E-state index in [1.165, 1.54) is 0 Å². The lowest BCUT2D eigenvalue weighted by atomic mass is 10.3. The van der Waals surface area contributed by atoms with E-state index in [2.05, 4.69) is 50.3 Å². The number of carbonyl (C=O) groups is 2. The number of H-pyrrole nitrogens is 2. The van der Waals surface area contributed by atoms with E-state index in [9.17, 15) is 9.59 Å². The second kappa shape index (κ2) is 11.4. The molecule has 5 rings (SSSR count). The largest absolute Gasteiger partial charge is 0.481 e. The fourth-order valence-corrected chi connectivity index (χ4v) is 2.94. The van der Waals surface area contributed by atoms with Crippen molar-refractivity contribution >= 4 is 58.3 Å². The van der Waals surface area contributed by atoms with Crippen molar-refractivity contribution in [3.63, 3.8) is 0 Å². The van der Waals surface area contributed by atoms with Gasteiger partial charge in [-0.15, -0.1) is 0 Å². The number of nitrogens with one attached hydrogen (secondary N) is 2. The molecule has 5 heterocycles. The van der Waals surface area contributed by atoms with Crippen molar-refractivity contribution in [2.45, 2.75) is 26.7 Å². The summed E-state index contributed by atoms with van der Waals surface area (Å²) in [5.41, 5.74) is 7.86. The van der Waals surface area contributed by atoms with Crippen molar-refractivity contribution in [2.24, 2.45) is 0 Å². The summed E-state index contributed by atoms with van der Waals surface area (Å²) in [6, 6.07) is 16.4. The molecule has 0 unspecified atom stereocenters. The third-order valence-corrected chi connectivity index (χ3v) is 4.65. The fourth-order valence-electron chi connectivity index (χ4n) is 2.94. The molecule has 0 spiro atoms. The Labute approximate surface area is 196 Å². The van der Waals surface area contributed by atoms with E-state index in [4.69, 9.17) is 10.2 Å². The minimum atomic E-state index is -0.745. The summed E-state index contributed by atoms with van der Waals surface area (Å²) in [4.78, 5) is 34.8. The summed E-state index contributed by atoms with van der Waals surface area (Å²) in [5.74, 6) is -1.49. The minimum Gasteiger partial charge on any atom is -0.481 e. The lowest BCUT2D eigenvalue weighted by Crippen LogP contribution is -1.86. The van der Waals surface area contributed by atoms with Crippen LogP contribution < -0.4 is 0 Å². The average Bonchev–Trinajstić information content (AvgIpc) is 3.60. The highest BCUT2D eigenvalue weighted by Gasteiger charge is 2.02. The summed E-state index contributed by atoms with van der Waals surface area (Å²) >= 11 is 0. The number of hydrogen-bond donors (Lipinski definition) is 4. The van der Waals surface area contributed by atoms with Gasteiger partial charge in [-0.25, -0.2) is 9.97 Å². The first kappa shape index (κ1) is 24.2. The second-order valence-corrected chi connectivity index (χ2v) is 7.40. The van der Waals surface area contributed by atoms with Gasteiger partial charge in [0.1, 0.15) is 0 Å². The molecule has 8 heteroatoms. The van der Waals surface area contributed by atoms with Gasteiger partial charge in [-0.05, 0) is 72.8 Å². The van der Waals surface area contributed by atoms with Gasteiger partial charge in [0.15, 0.2) is 0 Å². The molecule has 8 nitrogen and oxygen atoms in total. The van der Waals surface area contributed by atoms with Crippen molar-refractivity contribution in [1.29, 1.82) is 0 Å². The molecule has 0 atom stereocenters. The van der Waals surface area contributed by atoms with Crippen LogP contribution in [0, 0.1) is 0 Å². The quantitative estimate of drug-likeness (QED) is 0.271. The molecular weight excluding hydrogens is 432 g/mol. The number of carboxylic acid groups (broad SMARTS) is 2. The normalized spacial score (nSPS) is 11.1. The zero-order chi connectivity index (χ0) is 24.5. The summed E-state index contributed by atoms with van der Waals surface area (Å²) in [6.45, 7) is 3.20. The zero-order valence-electron chi connectivity index (χ0n) is 18.9. The summed E-state index contributed by atoms with van der Waals surface area (Å²) in [7, 11) is 0. The molecule has 2 aliphatic rings. The highest BCUT2D eigenvalue weighted by molar-refractivity contribution is 5.77. The van der Waals surface area contributed by atoms with Crippen molar-refractivity contribution in [1.82, 2.24) is 19.9 Å². The van der Waals surface area contributed by atoms with Crippen LogP contribution in [0.3, 0.4) is 0 Å². The number of carboxylic acids is 2. The maximum Gasteiger partial charge on any atom is 0.303 e. The Morgan fingerprint density at radius 3 is 1.24 bits per heavy atom. The van der Waals surface area contributed by atoms with Crippen LogP contribution >= 0.6 is 0 Å². The molecule has 0 fully saturated rings. The Bertz CT molecular complexity index is 1290. The van der Waals surface area contributed by atoms with Gasteiger partial charge in [-0.1, -0.05) is 13.8 Å². The lowest BCUT2D eigenvalue weighted by Gasteiger charge is -1.86. The fraction of sp³-hybridized carbons (Fsp3) is 0.154. The summed E-state index contributed by atoms with van der Waals surface area (Å²) in [6.07, 6.45) is 8.49. The topological polar surface area (TPSA) is 132 Å². The predicted molar refractivity (Wildman–Crippen MR) is 135 cm³/mol. The van der Waals surface area contributed by atoms with E-state index >= 15 is 0 Å². The number of rotatable bonds is 2. The van der Waals surface area contributed by atoms with Crippen LogP contribution in [0.15, 0.2) is 48.5 Å². The molecular formula is C26H26N4O4. The predicted octanol–water partition coefficient (Wildman–Crippen LogP) is 5.62. The Hall–Kier alpha value is -4.46. The van der Waals surface area contributed by atoms with Gasteiger partial charge in [0.2, 0.25) is 0 Å². The van der Waals surface area contributed by atoms with Crippen LogP contribution in [0.5, 0.6) is 0 Å². The Balaban J connectivity index is 0.000000277. The monoisotopic (exact) mass is 458 g/mol. The molecule has 2 aliphatic heterocycles. The van der Waals surface area contributed by atoms with E-state index in [-0.39, 0.29) is 12.8 Å². The van der Waals surface area contributed by atoms with E-state index in [0.717, 1.165) is 44.8 Å². The Morgan fingerprint density at radius 1 is 0.618 bits per heavy atom. The molecule has 0 radical (unpaired) electrons. The van der Waals surface area contributed by atoms with Gasteiger partial charge in [0, 0.05) is 34.9 Å². The van der Waals surface area contributed by atoms with Crippen LogP contribution in [-0.2, 0) is 9.59 Å². The van der Waals surface area contributed by atoms with Crippen molar-refractivity contribution in [3.8, 4) is 0 Å². The molecule has 0 saturated heterocycles. The molecule has 3 aromatic heterocycles. The second-order valence-electron chi connectivity index (χ2n) is 7.40. The SMILES string of the molecule is C1=Cc2cc3ccc(cc4ccc(cc5nc(cc1n2)C=C5)[nH]4)[nH]3.CCC(=O)O.CCC(=O)O. The number of fused-ring (bicyclic) bond motifs is 8. The van der Waals surface area contributed by atoms with E-state index < -0.39 is 11.9 Å². The average molecular weight is 459 g/mol. The highest BCUT2D eigenvalue weighted by atomic mass is 16.4. The van der Waals surface area contributed by atoms with E-state index in [1.54, 1.807) is 13.8 Å². The van der Waals surface area contributed by atoms with E-state index in [0.29, 0.717) is 0 Å². The van der Waals surface area contributed by atoms with Crippen LogP contribution in [0.2, 0.25) is 0 Å². The molecule has 0 aromatic carbocycles. The molecule has 3 aromatic rings. The van der Waals surface area contributed by atoms with Gasteiger partial charge in [-0.2, -0.15) is 0 Å². The van der Waals surface area contributed by atoms with Gasteiger partial charge < -0.3 is 20.2 Å². The summed E-state index contributed by atoms with van der Waals surface area (Å²) < 4.78 is 0. The molecule has 34 heavy (non-hydrogen) atoms. The third-order valence-electron chi connectivity index (χ3n) is 4.65. The zero-order valence-corrected chi connectivity index (χ0v) is 18.9. The smallest absolute Gasteiger partial charge is 0.303 e. The first-order chi connectivity index (χ1) is 16.3. The summed E-state index contributed by atoms with van der Waals surface area (Å²) in [5, 5.41) is 15.4. The Morgan fingerprint density at radius 2 is 0.912 bits per heavy atom. The molecule has 0 amide bonds. The van der Waals surface area contributed by atoms with Crippen molar-refractivity contribution in [3.05, 3.63) is 71.3 Å². The van der Waals surface area contributed by atoms with Gasteiger partial charge >= 0.3 is 11.9 Å². The van der Waals surface area contributed by atoms with E-state index in [1.807, 2.05) is 42.5 Å². The number of aromatic nitrogens is 4. The maximum atomic E-state index is 9.37. The molecule has 174 valence electrons. The standard InChI is InChI=1S/C20H14N4.2C3H6O2/c1-2-14-10-16-5-6-18(23-16)12-20-8-7-19(24-20)11-17-4-3-15(22-17)9-13(1)21-14;2*1-2-3(4)5/h1-12,21-22H;2*2H2,1H3,(H,4,5). The maximum absolute atomic E-state index is 9.37. The van der Waals surface area contributed by atoms with Crippen LogP contribution in [0.4, 0.5) is 0 Å². The number of aliphatic carboxylic acids is 2. The highest BCUT2D eigenvalue weighted by Crippen LogP contribution is 2.17. The molecule has 0 saturated carbocycles. The lowest BCUT2D eigenvalue weighted by molar-refractivity contribution is -0.137. The molecule has 0 aliphatic carbocycles. The van der Waals surface area contributed by atoms with Crippen LogP contribution in [0.1, 0.15) is 49.5 Å². The minimum absolute atomic E-state index is 0.222. The van der Waals surface area contributed by atoms with Crippen molar-refractivity contribution in [2.75, 3.05) is 0 Å². The third kappa shape index (κ3) is 7.30. The number of nitrogens with zero attached hydrogens (tertiary/aromatic N) is 2. The van der Waals surface area contributed by atoms with Gasteiger partial charge in [0.25, 0.3) is 0 Å². The first-order valence-electron chi connectivity index (χ1n) is 10.8. The van der Waals surface area contributed by atoms with Crippen molar-refractivity contribution < 1.29 is 19.8 Å². The number of aromatic amines is 2. The van der Waals surface area contributed by atoms with Crippen LogP contribution in [-0.4, -0.2) is 42.1 Å². The Kier molecular flexibility index (Phi) is 8.12. The van der Waals surface area contributed by atoms with Gasteiger partial charge in [-0.3, -0.25) is 9.59 Å².